The van der Waals surface area contributed by atoms with Gasteiger partial charge in [0.05, 0.1) is 0 Å². The summed E-state index contributed by atoms with van der Waals surface area (Å²) in [6.07, 6.45) is 8.89. The molecule has 1 aliphatic rings. The Morgan fingerprint density at radius 2 is 1.80 bits per heavy atom. The van der Waals surface area contributed by atoms with E-state index >= 15 is 0 Å². The molecule has 0 bridgehead atoms. The smallest absolute Gasteiger partial charge is 0.407 e. The molecule has 1 aliphatic carbocycles. The van der Waals surface area contributed by atoms with E-state index in [0.29, 0.717) is 13.0 Å². The van der Waals surface area contributed by atoms with E-state index in [1.807, 2.05) is 0 Å². The van der Waals surface area contributed by atoms with E-state index < -0.39 is 0 Å². The molecule has 1 fully saturated rings. The van der Waals surface area contributed by atoms with Gasteiger partial charge in [0, 0.05) is 6.54 Å². The summed E-state index contributed by atoms with van der Waals surface area (Å²) in [5, 5.41) is 2.69. The number of alkyl carbamates (subject to hydrolysis) is 1. The first-order chi connectivity index (χ1) is 7.33. The molecule has 0 heterocycles. The van der Waals surface area contributed by atoms with Crippen molar-refractivity contribution in [2.45, 2.75) is 57.5 Å². The van der Waals surface area contributed by atoms with Crippen LogP contribution in [0.5, 0.6) is 0 Å². The van der Waals surface area contributed by atoms with Gasteiger partial charge in [-0.15, -0.1) is 0 Å². The molecule has 0 aromatic rings. The van der Waals surface area contributed by atoms with Crippen molar-refractivity contribution in [1.82, 2.24) is 5.32 Å². The van der Waals surface area contributed by atoms with Crippen molar-refractivity contribution in [1.29, 1.82) is 0 Å². The summed E-state index contributed by atoms with van der Waals surface area (Å²) >= 11 is 0. The number of hydrogen-bond acceptors (Lipinski definition) is 2. The molecule has 1 amide bonds. The first kappa shape index (κ1) is 12.3. The fourth-order valence-corrected chi connectivity index (χ4v) is 1.92. The zero-order valence-electron chi connectivity index (χ0n) is 9.46. The van der Waals surface area contributed by atoms with Gasteiger partial charge in [-0.3, -0.25) is 0 Å². The predicted octanol–water partition coefficient (Wildman–Crippen LogP) is 3.05. The molecule has 3 nitrogen and oxygen atoms in total. The topological polar surface area (TPSA) is 38.3 Å². The van der Waals surface area contributed by atoms with Gasteiger partial charge < -0.3 is 10.1 Å². The van der Waals surface area contributed by atoms with Crippen LogP contribution in [0.3, 0.4) is 0 Å². The highest BCUT2D eigenvalue weighted by Crippen LogP contribution is 2.19. The molecule has 1 saturated carbocycles. The van der Waals surface area contributed by atoms with E-state index in [9.17, 15) is 4.79 Å². The first-order valence-corrected chi connectivity index (χ1v) is 6.06. The van der Waals surface area contributed by atoms with E-state index in [1.54, 1.807) is 0 Å². The summed E-state index contributed by atoms with van der Waals surface area (Å²) in [4.78, 5) is 11.3. The van der Waals surface area contributed by atoms with E-state index in [4.69, 9.17) is 4.74 Å². The maximum atomic E-state index is 11.3. The highest BCUT2D eigenvalue weighted by molar-refractivity contribution is 5.67. The molecule has 0 spiro atoms. The maximum absolute atomic E-state index is 11.3. The van der Waals surface area contributed by atoms with Gasteiger partial charge in [-0.05, 0) is 32.1 Å². The average Bonchev–Trinajstić information content (AvgIpc) is 2.19. The van der Waals surface area contributed by atoms with Crippen molar-refractivity contribution < 1.29 is 9.53 Å². The number of ether oxygens (including phenoxy) is 1. The third kappa shape index (κ3) is 5.65. The molecule has 87 valence electrons. The molecule has 15 heavy (non-hydrogen) atoms. The Bertz CT molecular complexity index is 174. The van der Waals surface area contributed by atoms with Crippen LogP contribution in [0.4, 0.5) is 4.79 Å². The standard InChI is InChI=1S/C12H22NO2/c1-2-10-13-12(14)15-11-8-6-4-3-5-7-9-11/h11H,1-10H2,(H,13,14). The highest BCUT2D eigenvalue weighted by atomic mass is 16.6. The molecule has 0 aliphatic heterocycles. The van der Waals surface area contributed by atoms with Crippen LogP contribution in [-0.2, 0) is 4.74 Å². The fourth-order valence-electron chi connectivity index (χ4n) is 1.92. The SMILES string of the molecule is [CH2]CCNC(=O)OC1CCCCCCC1. The molecule has 0 unspecified atom stereocenters. The van der Waals surface area contributed by atoms with Crippen molar-refractivity contribution >= 4 is 6.09 Å². The van der Waals surface area contributed by atoms with Crippen molar-refractivity contribution in [3.05, 3.63) is 6.92 Å². The van der Waals surface area contributed by atoms with Crippen LogP contribution >= 0.6 is 0 Å². The molecule has 0 saturated heterocycles. The highest BCUT2D eigenvalue weighted by Gasteiger charge is 2.15. The number of hydrogen-bond donors (Lipinski definition) is 1. The zero-order valence-corrected chi connectivity index (χ0v) is 9.46. The van der Waals surface area contributed by atoms with Crippen LogP contribution in [-0.4, -0.2) is 18.7 Å². The van der Waals surface area contributed by atoms with Gasteiger partial charge in [-0.1, -0.05) is 26.2 Å². The summed E-state index contributed by atoms with van der Waals surface area (Å²) < 4.78 is 5.35. The van der Waals surface area contributed by atoms with Gasteiger partial charge in [0.2, 0.25) is 0 Å². The normalized spacial score (nSPS) is 19.0. The second kappa shape index (κ2) is 7.55. The first-order valence-electron chi connectivity index (χ1n) is 6.06. The summed E-state index contributed by atoms with van der Waals surface area (Å²) in [5.74, 6) is 0. The maximum Gasteiger partial charge on any atom is 0.407 e. The van der Waals surface area contributed by atoms with Gasteiger partial charge in [-0.2, -0.15) is 0 Å². The van der Waals surface area contributed by atoms with Crippen molar-refractivity contribution in [2.75, 3.05) is 6.54 Å². The number of rotatable bonds is 3. The van der Waals surface area contributed by atoms with E-state index in [1.165, 1.54) is 32.1 Å². The number of amides is 1. The Kier molecular flexibility index (Phi) is 6.21. The summed E-state index contributed by atoms with van der Waals surface area (Å²) in [6, 6.07) is 0. The minimum Gasteiger partial charge on any atom is -0.446 e. The van der Waals surface area contributed by atoms with Gasteiger partial charge in [0.25, 0.3) is 0 Å². The second-order valence-electron chi connectivity index (χ2n) is 4.15. The lowest BCUT2D eigenvalue weighted by Crippen LogP contribution is -2.29. The predicted molar refractivity (Wildman–Crippen MR) is 60.6 cm³/mol. The monoisotopic (exact) mass is 212 g/mol. The van der Waals surface area contributed by atoms with Crippen LogP contribution in [0.15, 0.2) is 0 Å². The molecule has 0 atom stereocenters. The lowest BCUT2D eigenvalue weighted by atomic mass is 9.99. The molecule has 1 N–H and O–H groups in total. The van der Waals surface area contributed by atoms with E-state index in [0.717, 1.165) is 12.8 Å². The summed E-state index contributed by atoms with van der Waals surface area (Å²) in [5.41, 5.74) is 0. The van der Waals surface area contributed by atoms with E-state index in [2.05, 4.69) is 12.2 Å². The third-order valence-electron chi connectivity index (χ3n) is 2.77. The van der Waals surface area contributed by atoms with Crippen LogP contribution < -0.4 is 5.32 Å². The quantitative estimate of drug-likeness (QED) is 0.780. The van der Waals surface area contributed by atoms with Crippen molar-refractivity contribution in [3.8, 4) is 0 Å². The largest absolute Gasteiger partial charge is 0.446 e. The van der Waals surface area contributed by atoms with Crippen LogP contribution in [0.1, 0.15) is 51.4 Å². The second-order valence-corrected chi connectivity index (χ2v) is 4.15. The minimum atomic E-state index is -0.274. The molecule has 3 heteroatoms. The third-order valence-corrected chi connectivity index (χ3v) is 2.77. The van der Waals surface area contributed by atoms with Gasteiger partial charge in [0.1, 0.15) is 6.10 Å². The zero-order chi connectivity index (χ0) is 10.9. The number of nitrogens with one attached hydrogen (secondary N) is 1. The van der Waals surface area contributed by atoms with Gasteiger partial charge in [-0.25, -0.2) is 4.79 Å². The Balaban J connectivity index is 2.19. The molecule has 1 radical (unpaired) electrons. The Morgan fingerprint density at radius 1 is 1.20 bits per heavy atom. The minimum absolute atomic E-state index is 0.134. The lowest BCUT2D eigenvalue weighted by Gasteiger charge is -2.20. The number of carbonyl (C=O) groups excluding carboxylic acids is 1. The average molecular weight is 212 g/mol. The van der Waals surface area contributed by atoms with Gasteiger partial charge >= 0.3 is 6.09 Å². The van der Waals surface area contributed by atoms with Crippen molar-refractivity contribution in [2.24, 2.45) is 0 Å². The fraction of sp³-hybridized carbons (Fsp3) is 0.833. The summed E-state index contributed by atoms with van der Waals surface area (Å²) in [7, 11) is 0. The van der Waals surface area contributed by atoms with Crippen LogP contribution in [0, 0.1) is 6.92 Å². The van der Waals surface area contributed by atoms with Gasteiger partial charge in [0.15, 0.2) is 0 Å². The molecule has 0 aromatic heterocycles. The molecule has 0 aromatic carbocycles. The van der Waals surface area contributed by atoms with Crippen LogP contribution in [0.2, 0.25) is 0 Å². The van der Waals surface area contributed by atoms with Crippen LogP contribution in [0.25, 0.3) is 0 Å². The van der Waals surface area contributed by atoms with Crippen molar-refractivity contribution in [3.63, 3.8) is 0 Å². The molecular weight excluding hydrogens is 190 g/mol. The van der Waals surface area contributed by atoms with E-state index in [-0.39, 0.29) is 12.2 Å². The Hall–Kier alpha value is -0.730. The number of carbonyl (C=O) groups is 1. The molecular formula is C12H22NO2. The Morgan fingerprint density at radius 3 is 2.40 bits per heavy atom. The lowest BCUT2D eigenvalue weighted by molar-refractivity contribution is 0.0818. The molecule has 1 rings (SSSR count). The Labute approximate surface area is 92.6 Å². The summed E-state index contributed by atoms with van der Waals surface area (Å²) in [6.45, 7) is 4.26.